The van der Waals surface area contributed by atoms with Gasteiger partial charge in [-0.25, -0.2) is 5.43 Å². The van der Waals surface area contributed by atoms with Crippen LogP contribution in [0.15, 0.2) is 41.5 Å². The summed E-state index contributed by atoms with van der Waals surface area (Å²) in [5.74, 6) is 1.74. The highest BCUT2D eigenvalue weighted by molar-refractivity contribution is 14.1. The summed E-state index contributed by atoms with van der Waals surface area (Å²) in [4.78, 5) is 23.0. The standard InChI is InChI=1S/C25H28IN3O5/c1-3-33-21-13-17(14-27-28-24(30)22-19-6-4-5-11-25(19,22)2)12-20(26)23(21)34-15-16-7-9-18(10-8-16)29(31)32/h7-10,12-14,19,22H,3-6,11,15H2,1-2H3,(H,28,30)/b27-14-/t19-,22+,25+/m1/s1. The number of hydrazone groups is 1. The monoisotopic (exact) mass is 577 g/mol. The minimum Gasteiger partial charge on any atom is -0.490 e. The van der Waals surface area contributed by atoms with E-state index in [9.17, 15) is 14.9 Å². The van der Waals surface area contributed by atoms with Crippen LogP contribution >= 0.6 is 22.6 Å². The fraction of sp³-hybridized carbons (Fsp3) is 0.440. The average Bonchev–Trinajstić information content (AvgIpc) is 3.44. The predicted molar refractivity (Wildman–Crippen MR) is 137 cm³/mol. The molecule has 2 aromatic rings. The van der Waals surface area contributed by atoms with Crippen LogP contribution in [0.1, 0.15) is 50.7 Å². The molecule has 0 bridgehead atoms. The van der Waals surface area contributed by atoms with Crippen molar-refractivity contribution in [3.05, 3.63) is 61.2 Å². The van der Waals surface area contributed by atoms with E-state index in [1.54, 1.807) is 18.3 Å². The SMILES string of the molecule is CCOc1cc(/C=N\NC(=O)[C@@H]2[C@H]3CCCC[C@@]32C)cc(I)c1OCc1ccc([N+](=O)[O-])cc1. The van der Waals surface area contributed by atoms with Crippen LogP contribution in [0.25, 0.3) is 0 Å². The molecule has 2 saturated carbocycles. The zero-order valence-electron chi connectivity index (χ0n) is 19.3. The number of nitro benzene ring substituents is 1. The summed E-state index contributed by atoms with van der Waals surface area (Å²) in [7, 11) is 0. The number of rotatable bonds is 9. The molecule has 0 radical (unpaired) electrons. The van der Waals surface area contributed by atoms with Gasteiger partial charge in [-0.15, -0.1) is 0 Å². The molecule has 0 spiro atoms. The Bertz CT molecular complexity index is 1100. The van der Waals surface area contributed by atoms with Gasteiger partial charge in [0.1, 0.15) is 6.61 Å². The molecule has 3 atom stereocenters. The maximum absolute atomic E-state index is 12.6. The summed E-state index contributed by atoms with van der Waals surface area (Å²) in [5, 5.41) is 15.0. The normalized spacial score (nSPS) is 23.3. The van der Waals surface area contributed by atoms with Crippen LogP contribution in [0.5, 0.6) is 11.5 Å². The van der Waals surface area contributed by atoms with E-state index in [1.165, 1.54) is 25.0 Å². The predicted octanol–water partition coefficient (Wildman–Crippen LogP) is 5.45. The Morgan fingerprint density at radius 1 is 1.29 bits per heavy atom. The number of amides is 1. The number of hydrogen-bond donors (Lipinski definition) is 1. The van der Waals surface area contributed by atoms with Gasteiger partial charge in [-0.1, -0.05) is 19.8 Å². The number of nitro groups is 1. The van der Waals surface area contributed by atoms with Gasteiger partial charge in [0.25, 0.3) is 5.69 Å². The third-order valence-corrected chi connectivity index (χ3v) is 7.67. The molecular formula is C25H28IN3O5. The highest BCUT2D eigenvalue weighted by atomic mass is 127. The number of halogens is 1. The van der Waals surface area contributed by atoms with Crippen LogP contribution in [0.4, 0.5) is 5.69 Å². The van der Waals surface area contributed by atoms with Gasteiger partial charge in [-0.2, -0.15) is 5.10 Å². The summed E-state index contributed by atoms with van der Waals surface area (Å²) in [6.07, 6.45) is 6.30. The fourth-order valence-corrected chi connectivity index (χ4v) is 5.81. The second-order valence-electron chi connectivity index (χ2n) is 9.05. The first-order valence-electron chi connectivity index (χ1n) is 11.5. The van der Waals surface area contributed by atoms with Crippen molar-refractivity contribution < 1.29 is 19.2 Å². The Labute approximate surface area is 212 Å². The highest BCUT2D eigenvalue weighted by Gasteiger charge is 2.64. The fourth-order valence-electron chi connectivity index (χ4n) is 5.03. The zero-order chi connectivity index (χ0) is 24.3. The van der Waals surface area contributed by atoms with Crippen LogP contribution in [-0.2, 0) is 11.4 Å². The molecule has 1 N–H and O–H groups in total. The van der Waals surface area contributed by atoms with Crippen LogP contribution in [0.3, 0.4) is 0 Å². The number of ether oxygens (including phenoxy) is 2. The molecule has 1 amide bonds. The topological polar surface area (TPSA) is 103 Å². The summed E-state index contributed by atoms with van der Waals surface area (Å²) in [6.45, 7) is 4.82. The van der Waals surface area contributed by atoms with Gasteiger partial charge >= 0.3 is 0 Å². The lowest BCUT2D eigenvalue weighted by molar-refractivity contribution is -0.384. The van der Waals surface area contributed by atoms with Gasteiger partial charge in [-0.05, 0) is 89.1 Å². The number of fused-ring (bicyclic) bond motifs is 1. The van der Waals surface area contributed by atoms with E-state index in [0.29, 0.717) is 24.0 Å². The summed E-state index contributed by atoms with van der Waals surface area (Å²) >= 11 is 2.17. The first-order chi connectivity index (χ1) is 16.3. The first-order valence-corrected chi connectivity index (χ1v) is 12.6. The average molecular weight is 577 g/mol. The van der Waals surface area contributed by atoms with Crippen molar-refractivity contribution in [2.24, 2.45) is 22.4 Å². The number of carbonyl (C=O) groups is 1. The number of hydrogen-bond acceptors (Lipinski definition) is 6. The number of nitrogens with one attached hydrogen (secondary N) is 1. The van der Waals surface area contributed by atoms with Gasteiger partial charge in [0.05, 0.1) is 21.3 Å². The third kappa shape index (κ3) is 5.18. The Balaban J connectivity index is 1.41. The van der Waals surface area contributed by atoms with Gasteiger partial charge in [0, 0.05) is 18.1 Å². The van der Waals surface area contributed by atoms with Crippen molar-refractivity contribution in [1.29, 1.82) is 0 Å². The third-order valence-electron chi connectivity index (χ3n) is 6.86. The Kier molecular flexibility index (Phi) is 7.39. The van der Waals surface area contributed by atoms with Crippen molar-refractivity contribution in [2.45, 2.75) is 46.1 Å². The second-order valence-corrected chi connectivity index (χ2v) is 10.2. The molecule has 180 valence electrons. The summed E-state index contributed by atoms with van der Waals surface area (Å²) < 4.78 is 12.6. The van der Waals surface area contributed by atoms with Crippen LogP contribution < -0.4 is 14.9 Å². The largest absolute Gasteiger partial charge is 0.490 e. The molecule has 0 aromatic heterocycles. The molecule has 4 rings (SSSR count). The van der Waals surface area contributed by atoms with Crippen molar-refractivity contribution in [3.8, 4) is 11.5 Å². The van der Waals surface area contributed by atoms with E-state index in [4.69, 9.17) is 9.47 Å². The second kappa shape index (κ2) is 10.3. The van der Waals surface area contributed by atoms with E-state index < -0.39 is 4.92 Å². The molecule has 0 unspecified atom stereocenters. The lowest BCUT2D eigenvalue weighted by atomic mass is 9.90. The van der Waals surface area contributed by atoms with Crippen molar-refractivity contribution >= 4 is 40.4 Å². The van der Waals surface area contributed by atoms with E-state index in [0.717, 1.165) is 27.5 Å². The lowest BCUT2D eigenvalue weighted by Gasteiger charge is -2.15. The van der Waals surface area contributed by atoms with Gasteiger partial charge in [0.2, 0.25) is 5.91 Å². The maximum Gasteiger partial charge on any atom is 0.269 e. The quantitative estimate of drug-likeness (QED) is 0.185. The molecule has 0 saturated heterocycles. The Hall–Kier alpha value is -2.69. The van der Waals surface area contributed by atoms with E-state index in [2.05, 4.69) is 40.0 Å². The van der Waals surface area contributed by atoms with Crippen LogP contribution in [0.2, 0.25) is 0 Å². The number of nitrogens with zero attached hydrogens (tertiary/aromatic N) is 2. The molecule has 2 aromatic carbocycles. The molecular weight excluding hydrogens is 549 g/mol. The van der Waals surface area contributed by atoms with Gasteiger partial charge in [-0.3, -0.25) is 14.9 Å². The molecule has 2 aliphatic carbocycles. The van der Waals surface area contributed by atoms with Crippen LogP contribution in [-0.4, -0.2) is 23.7 Å². The molecule has 9 heteroatoms. The van der Waals surface area contributed by atoms with E-state index in [-0.39, 0.29) is 29.5 Å². The molecule has 34 heavy (non-hydrogen) atoms. The number of benzene rings is 2. The minimum absolute atomic E-state index is 0.00781. The van der Waals surface area contributed by atoms with Crippen molar-refractivity contribution in [1.82, 2.24) is 5.43 Å². The van der Waals surface area contributed by atoms with Crippen molar-refractivity contribution in [2.75, 3.05) is 6.61 Å². The van der Waals surface area contributed by atoms with Crippen molar-refractivity contribution in [3.63, 3.8) is 0 Å². The van der Waals surface area contributed by atoms with E-state index in [1.807, 2.05) is 19.1 Å². The number of carbonyl (C=O) groups excluding carboxylic acids is 1. The Morgan fingerprint density at radius 3 is 2.71 bits per heavy atom. The summed E-state index contributed by atoms with van der Waals surface area (Å²) in [5.41, 5.74) is 4.52. The van der Waals surface area contributed by atoms with Crippen LogP contribution in [0, 0.1) is 30.9 Å². The van der Waals surface area contributed by atoms with E-state index >= 15 is 0 Å². The highest BCUT2D eigenvalue weighted by Crippen LogP contribution is 2.66. The molecule has 8 nitrogen and oxygen atoms in total. The molecule has 2 aliphatic rings. The molecule has 0 aliphatic heterocycles. The minimum atomic E-state index is -0.429. The van der Waals surface area contributed by atoms with Gasteiger partial charge < -0.3 is 9.47 Å². The molecule has 2 fully saturated rings. The lowest BCUT2D eigenvalue weighted by Crippen LogP contribution is -2.22. The first kappa shape index (κ1) is 24.4. The van der Waals surface area contributed by atoms with Gasteiger partial charge in [0.15, 0.2) is 11.5 Å². The smallest absolute Gasteiger partial charge is 0.269 e. The maximum atomic E-state index is 12.6. The molecule has 0 heterocycles. The summed E-state index contributed by atoms with van der Waals surface area (Å²) in [6, 6.07) is 9.99. The Morgan fingerprint density at radius 2 is 2.06 bits per heavy atom. The number of non-ortho nitro benzene ring substituents is 1. The zero-order valence-corrected chi connectivity index (χ0v) is 21.4.